The second-order valence-corrected chi connectivity index (χ2v) is 3.82. The molecule has 0 aromatic rings. The molecule has 1 rings (SSSR count). The number of carbonyl (C=O) groups excluding carboxylic acids is 1. The Hall–Kier alpha value is -0.810. The van der Waals surface area contributed by atoms with Gasteiger partial charge in [-0.25, -0.2) is 4.79 Å². The molecule has 0 radical (unpaired) electrons. The van der Waals surface area contributed by atoms with E-state index in [0.29, 0.717) is 6.42 Å². The Morgan fingerprint density at radius 1 is 1.43 bits per heavy atom. The van der Waals surface area contributed by atoms with Gasteiger partial charge in [-0.15, -0.1) is 0 Å². The Morgan fingerprint density at radius 2 is 2.00 bits per heavy atom. The molecule has 0 saturated heterocycles. The van der Waals surface area contributed by atoms with Crippen LogP contribution in [0.25, 0.3) is 0 Å². The monoisotopic (exact) mass is 202 g/mol. The van der Waals surface area contributed by atoms with Gasteiger partial charge in [0.05, 0.1) is 18.8 Å². The number of nitrogens with one attached hydrogen (secondary N) is 2. The molecule has 1 saturated carbocycles. The van der Waals surface area contributed by atoms with E-state index in [-0.39, 0.29) is 25.3 Å². The van der Waals surface area contributed by atoms with E-state index >= 15 is 0 Å². The number of aliphatic hydroxyl groups excluding tert-OH is 2. The number of hydrogen-bond donors (Lipinski definition) is 4. The van der Waals surface area contributed by atoms with Gasteiger partial charge < -0.3 is 20.8 Å². The van der Waals surface area contributed by atoms with Crippen molar-refractivity contribution >= 4 is 6.03 Å². The summed E-state index contributed by atoms with van der Waals surface area (Å²) in [5, 5.41) is 23.5. The number of hydrogen-bond acceptors (Lipinski definition) is 3. The number of rotatable bonds is 5. The van der Waals surface area contributed by atoms with Crippen molar-refractivity contribution in [2.45, 2.75) is 37.8 Å². The molecule has 4 N–H and O–H groups in total. The zero-order chi connectivity index (χ0) is 10.6. The molecule has 5 nitrogen and oxygen atoms in total. The molecule has 14 heavy (non-hydrogen) atoms. The quantitative estimate of drug-likeness (QED) is 0.489. The Balaban J connectivity index is 2.40. The summed E-state index contributed by atoms with van der Waals surface area (Å²) < 4.78 is 0. The molecule has 82 valence electrons. The summed E-state index contributed by atoms with van der Waals surface area (Å²) in [4.78, 5) is 11.3. The van der Waals surface area contributed by atoms with Crippen LogP contribution < -0.4 is 10.6 Å². The Morgan fingerprint density at radius 3 is 2.36 bits per heavy atom. The maximum absolute atomic E-state index is 11.3. The summed E-state index contributed by atoms with van der Waals surface area (Å²) in [7, 11) is 0. The van der Waals surface area contributed by atoms with Gasteiger partial charge in [0.1, 0.15) is 0 Å². The van der Waals surface area contributed by atoms with E-state index in [1.807, 2.05) is 6.92 Å². The fraction of sp³-hybridized carbons (Fsp3) is 0.889. The fourth-order valence-corrected chi connectivity index (χ4v) is 1.13. The summed E-state index contributed by atoms with van der Waals surface area (Å²) in [6, 6.07) is -0.0283. The lowest BCUT2D eigenvalue weighted by molar-refractivity contribution is 0.0934. The van der Waals surface area contributed by atoms with Crippen molar-refractivity contribution in [1.29, 1.82) is 0 Å². The third-order valence-corrected chi connectivity index (χ3v) is 2.57. The summed E-state index contributed by atoms with van der Waals surface area (Å²) in [6.45, 7) is 1.31. The van der Waals surface area contributed by atoms with E-state index in [0.717, 1.165) is 12.8 Å². The Kier molecular flexibility index (Phi) is 3.71. The van der Waals surface area contributed by atoms with Crippen LogP contribution in [0, 0.1) is 0 Å². The average Bonchev–Trinajstić information content (AvgIpc) is 2.98. The van der Waals surface area contributed by atoms with Gasteiger partial charge in [-0.1, -0.05) is 6.92 Å². The summed E-state index contributed by atoms with van der Waals surface area (Å²) in [5.74, 6) is 0. The van der Waals surface area contributed by atoms with Gasteiger partial charge in [-0.3, -0.25) is 0 Å². The van der Waals surface area contributed by atoms with Gasteiger partial charge >= 0.3 is 6.03 Å². The first-order valence-electron chi connectivity index (χ1n) is 4.96. The zero-order valence-electron chi connectivity index (χ0n) is 8.42. The first kappa shape index (κ1) is 11.3. The molecule has 0 aromatic heterocycles. The van der Waals surface area contributed by atoms with Crippen LogP contribution in [0.3, 0.4) is 0 Å². The number of urea groups is 1. The normalized spacial score (nSPS) is 16.5. The molecule has 0 bridgehead atoms. The first-order chi connectivity index (χ1) is 6.65. The predicted molar refractivity (Wildman–Crippen MR) is 51.9 cm³/mol. The van der Waals surface area contributed by atoms with Crippen molar-refractivity contribution in [2.24, 2.45) is 0 Å². The molecule has 0 heterocycles. The van der Waals surface area contributed by atoms with E-state index in [4.69, 9.17) is 10.2 Å². The lowest BCUT2D eigenvalue weighted by atomic mass is 9.99. The maximum Gasteiger partial charge on any atom is 0.315 e. The van der Waals surface area contributed by atoms with Crippen LogP contribution in [-0.2, 0) is 0 Å². The Bertz CT molecular complexity index is 192. The van der Waals surface area contributed by atoms with Crippen LogP contribution in [-0.4, -0.2) is 41.0 Å². The van der Waals surface area contributed by atoms with Crippen molar-refractivity contribution in [3.8, 4) is 0 Å². The van der Waals surface area contributed by atoms with Gasteiger partial charge in [0.15, 0.2) is 0 Å². The second-order valence-electron chi connectivity index (χ2n) is 3.82. The minimum absolute atomic E-state index is 0.252. The molecule has 0 unspecified atom stereocenters. The highest BCUT2D eigenvalue weighted by Crippen LogP contribution is 2.18. The van der Waals surface area contributed by atoms with Crippen molar-refractivity contribution in [1.82, 2.24) is 10.6 Å². The molecule has 1 aliphatic rings. The number of amides is 2. The number of carbonyl (C=O) groups is 1. The van der Waals surface area contributed by atoms with Crippen LogP contribution in [0.1, 0.15) is 26.2 Å². The molecule has 1 aliphatic carbocycles. The van der Waals surface area contributed by atoms with Crippen LogP contribution in [0.15, 0.2) is 0 Å². The van der Waals surface area contributed by atoms with Crippen molar-refractivity contribution < 1.29 is 15.0 Å². The third-order valence-electron chi connectivity index (χ3n) is 2.57. The van der Waals surface area contributed by atoms with Crippen LogP contribution in [0.2, 0.25) is 0 Å². The van der Waals surface area contributed by atoms with Crippen molar-refractivity contribution in [3.05, 3.63) is 0 Å². The van der Waals surface area contributed by atoms with Crippen LogP contribution in [0.4, 0.5) is 4.79 Å². The maximum atomic E-state index is 11.3. The van der Waals surface area contributed by atoms with Gasteiger partial charge in [-0.05, 0) is 19.3 Å². The summed E-state index contributed by atoms with van der Waals surface area (Å²) in [5.41, 5.74) is -0.890. The highest BCUT2D eigenvalue weighted by atomic mass is 16.3. The molecule has 5 heteroatoms. The molecule has 0 spiro atoms. The van der Waals surface area contributed by atoms with E-state index in [2.05, 4.69) is 10.6 Å². The van der Waals surface area contributed by atoms with Crippen LogP contribution >= 0.6 is 0 Å². The highest BCUT2D eigenvalue weighted by Gasteiger charge is 2.31. The SMILES string of the molecule is CCC(CO)(CO)NC(=O)NC1CC1. The smallest absolute Gasteiger partial charge is 0.315 e. The lowest BCUT2D eigenvalue weighted by Gasteiger charge is -2.29. The zero-order valence-corrected chi connectivity index (χ0v) is 8.42. The third kappa shape index (κ3) is 2.85. The van der Waals surface area contributed by atoms with E-state index in [1.165, 1.54) is 0 Å². The van der Waals surface area contributed by atoms with Crippen molar-refractivity contribution in [2.75, 3.05) is 13.2 Å². The minimum atomic E-state index is -0.890. The van der Waals surface area contributed by atoms with E-state index in [9.17, 15) is 4.79 Å². The molecule has 0 aliphatic heterocycles. The predicted octanol–water partition coefficient (Wildman–Crippen LogP) is -0.419. The van der Waals surface area contributed by atoms with Gasteiger partial charge in [0, 0.05) is 6.04 Å². The van der Waals surface area contributed by atoms with Crippen molar-refractivity contribution in [3.63, 3.8) is 0 Å². The molecular formula is C9H18N2O3. The first-order valence-corrected chi connectivity index (χ1v) is 4.96. The van der Waals surface area contributed by atoms with Gasteiger partial charge in [0.25, 0.3) is 0 Å². The average molecular weight is 202 g/mol. The molecule has 1 fully saturated rings. The minimum Gasteiger partial charge on any atom is -0.394 e. The lowest BCUT2D eigenvalue weighted by Crippen LogP contribution is -2.56. The molecule has 0 atom stereocenters. The topological polar surface area (TPSA) is 81.6 Å². The van der Waals surface area contributed by atoms with Crippen LogP contribution in [0.5, 0.6) is 0 Å². The summed E-state index contributed by atoms with van der Waals surface area (Å²) in [6.07, 6.45) is 2.54. The molecule has 2 amide bonds. The van der Waals surface area contributed by atoms with E-state index in [1.54, 1.807) is 0 Å². The highest BCUT2D eigenvalue weighted by molar-refractivity contribution is 5.75. The fourth-order valence-electron chi connectivity index (χ4n) is 1.13. The molecule has 0 aromatic carbocycles. The number of aliphatic hydroxyl groups is 2. The van der Waals surface area contributed by atoms with Gasteiger partial charge in [0.2, 0.25) is 0 Å². The van der Waals surface area contributed by atoms with Gasteiger partial charge in [-0.2, -0.15) is 0 Å². The Labute approximate surface area is 83.5 Å². The summed E-state index contributed by atoms with van der Waals surface area (Å²) >= 11 is 0. The standard InChI is InChI=1S/C9H18N2O3/c1-2-9(5-12,6-13)11-8(14)10-7-3-4-7/h7,12-13H,2-6H2,1H3,(H2,10,11,14). The second kappa shape index (κ2) is 4.61. The largest absolute Gasteiger partial charge is 0.394 e. The molecular weight excluding hydrogens is 184 g/mol. The van der Waals surface area contributed by atoms with E-state index < -0.39 is 5.54 Å².